The highest BCUT2D eigenvalue weighted by Gasteiger charge is 2.45. The number of benzene rings is 1. The molecular formula is C20H22F2N2O4. The number of carbonyl (C=O) groups is 2. The number of aromatic nitrogens is 1. The van der Waals surface area contributed by atoms with Crippen LogP contribution in [0.1, 0.15) is 41.6 Å². The second kappa shape index (κ2) is 8.08. The van der Waals surface area contributed by atoms with Crippen LogP contribution >= 0.6 is 0 Å². The third-order valence-electron chi connectivity index (χ3n) is 5.06. The summed E-state index contributed by atoms with van der Waals surface area (Å²) in [6, 6.07) is 3.27. The van der Waals surface area contributed by atoms with E-state index in [1.807, 2.05) is 0 Å². The Morgan fingerprint density at radius 1 is 1.36 bits per heavy atom. The average molecular weight is 392 g/mol. The molecule has 1 saturated heterocycles. The number of aryl methyl sites for hydroxylation is 1. The summed E-state index contributed by atoms with van der Waals surface area (Å²) in [5, 5.41) is 0. The molecule has 1 aromatic carbocycles. The third-order valence-corrected chi connectivity index (χ3v) is 5.06. The molecule has 1 fully saturated rings. The lowest BCUT2D eigenvalue weighted by Crippen LogP contribution is -2.51. The summed E-state index contributed by atoms with van der Waals surface area (Å²) in [4.78, 5) is 31.1. The van der Waals surface area contributed by atoms with E-state index in [-0.39, 0.29) is 36.8 Å². The standard InChI is InChI=1S/C20H22F2N2O4/c1-3-27-19(26)20(10-14-5-6-15(21)9-16(14)22)7-4-8-24(11-20)18(25)17-13(2)23-12-28-17/h5-6,9,12H,3-4,7-8,10-11H2,1-2H3/t20-/m1/s1. The average Bonchev–Trinajstić information content (AvgIpc) is 3.10. The molecule has 0 aliphatic carbocycles. The number of hydrogen-bond donors (Lipinski definition) is 0. The normalized spacial score (nSPS) is 19.5. The second-order valence-electron chi connectivity index (χ2n) is 7.01. The van der Waals surface area contributed by atoms with Crippen molar-refractivity contribution in [3.63, 3.8) is 0 Å². The molecule has 0 bridgehead atoms. The molecule has 2 aromatic rings. The number of nitrogens with zero attached hydrogens (tertiary/aromatic N) is 2. The van der Waals surface area contributed by atoms with Crippen molar-refractivity contribution in [1.82, 2.24) is 9.88 Å². The maximum atomic E-state index is 14.3. The van der Waals surface area contributed by atoms with Crippen molar-refractivity contribution >= 4 is 11.9 Å². The predicted molar refractivity (Wildman–Crippen MR) is 95.5 cm³/mol. The zero-order valence-electron chi connectivity index (χ0n) is 15.8. The van der Waals surface area contributed by atoms with E-state index in [4.69, 9.17) is 9.15 Å². The molecule has 3 rings (SSSR count). The largest absolute Gasteiger partial charge is 0.466 e. The van der Waals surface area contributed by atoms with Crippen molar-refractivity contribution in [2.75, 3.05) is 19.7 Å². The topological polar surface area (TPSA) is 72.6 Å². The molecule has 1 atom stereocenters. The Labute approximate surface area is 161 Å². The van der Waals surface area contributed by atoms with Gasteiger partial charge in [-0.3, -0.25) is 9.59 Å². The maximum Gasteiger partial charge on any atom is 0.314 e. The number of hydrogen-bond acceptors (Lipinski definition) is 5. The van der Waals surface area contributed by atoms with Crippen molar-refractivity contribution in [2.45, 2.75) is 33.1 Å². The number of esters is 1. The van der Waals surface area contributed by atoms with Gasteiger partial charge in [-0.05, 0) is 44.7 Å². The molecular weight excluding hydrogens is 370 g/mol. The van der Waals surface area contributed by atoms with Crippen LogP contribution in [0.2, 0.25) is 0 Å². The van der Waals surface area contributed by atoms with E-state index in [1.54, 1.807) is 13.8 Å². The minimum absolute atomic E-state index is 0.0110. The number of halogens is 2. The number of likely N-dealkylation sites (tertiary alicyclic amines) is 1. The van der Waals surface area contributed by atoms with Crippen molar-refractivity contribution in [3.8, 4) is 0 Å². The van der Waals surface area contributed by atoms with Gasteiger partial charge < -0.3 is 14.1 Å². The second-order valence-corrected chi connectivity index (χ2v) is 7.01. The van der Waals surface area contributed by atoms with Gasteiger partial charge in [0.1, 0.15) is 11.6 Å². The molecule has 1 aliphatic heterocycles. The lowest BCUT2D eigenvalue weighted by Gasteiger charge is -2.40. The van der Waals surface area contributed by atoms with Crippen LogP contribution in [0, 0.1) is 24.0 Å². The Morgan fingerprint density at radius 2 is 2.14 bits per heavy atom. The summed E-state index contributed by atoms with van der Waals surface area (Å²) < 4.78 is 38.0. The molecule has 0 radical (unpaired) electrons. The number of oxazole rings is 1. The van der Waals surface area contributed by atoms with Crippen molar-refractivity contribution in [1.29, 1.82) is 0 Å². The minimum atomic E-state index is -1.11. The van der Waals surface area contributed by atoms with Crippen LogP contribution < -0.4 is 0 Å². The van der Waals surface area contributed by atoms with Gasteiger partial charge in [-0.15, -0.1) is 0 Å². The smallest absolute Gasteiger partial charge is 0.314 e. The van der Waals surface area contributed by atoms with E-state index >= 15 is 0 Å². The molecule has 0 N–H and O–H groups in total. The SMILES string of the molecule is CCOC(=O)[C@@]1(Cc2ccc(F)cc2F)CCCN(C(=O)c2ocnc2C)C1. The highest BCUT2D eigenvalue weighted by Crippen LogP contribution is 2.36. The van der Waals surface area contributed by atoms with E-state index in [0.29, 0.717) is 25.1 Å². The summed E-state index contributed by atoms with van der Waals surface area (Å²) in [7, 11) is 0. The first kappa shape index (κ1) is 20.0. The van der Waals surface area contributed by atoms with Gasteiger partial charge in [0.05, 0.1) is 17.7 Å². The molecule has 1 aromatic heterocycles. The zero-order valence-corrected chi connectivity index (χ0v) is 15.8. The van der Waals surface area contributed by atoms with Gasteiger partial charge in [0.2, 0.25) is 5.76 Å². The molecule has 1 aliphatic rings. The maximum absolute atomic E-state index is 14.3. The summed E-state index contributed by atoms with van der Waals surface area (Å²) in [6.45, 7) is 4.01. The molecule has 150 valence electrons. The number of carbonyl (C=O) groups excluding carboxylic acids is 2. The first-order chi connectivity index (χ1) is 13.4. The third kappa shape index (κ3) is 3.90. The van der Waals surface area contributed by atoms with Gasteiger partial charge in [-0.25, -0.2) is 13.8 Å². The Bertz CT molecular complexity index is 883. The molecule has 1 amide bonds. The van der Waals surface area contributed by atoms with Gasteiger partial charge in [0, 0.05) is 19.2 Å². The van der Waals surface area contributed by atoms with Crippen LogP contribution in [0.15, 0.2) is 29.0 Å². The Kier molecular flexibility index (Phi) is 5.76. The number of ether oxygens (including phenoxy) is 1. The Morgan fingerprint density at radius 3 is 2.79 bits per heavy atom. The summed E-state index contributed by atoms with van der Waals surface area (Å²) in [5.74, 6) is -2.16. The van der Waals surface area contributed by atoms with Gasteiger partial charge >= 0.3 is 5.97 Å². The molecule has 0 unspecified atom stereocenters. The molecule has 0 saturated carbocycles. The fourth-order valence-corrected chi connectivity index (χ4v) is 3.65. The summed E-state index contributed by atoms with van der Waals surface area (Å²) in [5.41, 5.74) is -0.447. The molecule has 8 heteroatoms. The van der Waals surface area contributed by atoms with E-state index in [2.05, 4.69) is 4.98 Å². The summed E-state index contributed by atoms with van der Waals surface area (Å²) in [6.07, 6.45) is 2.18. The van der Waals surface area contributed by atoms with Gasteiger partial charge in [-0.1, -0.05) is 6.07 Å². The van der Waals surface area contributed by atoms with Crippen LogP contribution in [0.5, 0.6) is 0 Å². The van der Waals surface area contributed by atoms with Crippen molar-refractivity contribution in [3.05, 3.63) is 53.2 Å². The molecule has 28 heavy (non-hydrogen) atoms. The van der Waals surface area contributed by atoms with Gasteiger partial charge in [-0.2, -0.15) is 0 Å². The Hall–Kier alpha value is -2.77. The molecule has 0 spiro atoms. The van der Waals surface area contributed by atoms with E-state index < -0.39 is 23.0 Å². The lowest BCUT2D eigenvalue weighted by molar-refractivity contribution is -0.158. The van der Waals surface area contributed by atoms with Crippen LogP contribution in [0.3, 0.4) is 0 Å². The van der Waals surface area contributed by atoms with E-state index in [0.717, 1.165) is 12.1 Å². The fraction of sp³-hybridized carbons (Fsp3) is 0.450. The van der Waals surface area contributed by atoms with Crippen LogP contribution in [-0.2, 0) is 16.0 Å². The predicted octanol–water partition coefficient (Wildman–Crippen LogP) is 3.29. The van der Waals surface area contributed by atoms with Crippen molar-refractivity contribution < 1.29 is 27.5 Å². The number of piperidine rings is 1. The summed E-state index contributed by atoms with van der Waals surface area (Å²) >= 11 is 0. The van der Waals surface area contributed by atoms with Gasteiger partial charge in [0.25, 0.3) is 5.91 Å². The zero-order chi connectivity index (χ0) is 20.3. The molecule has 2 heterocycles. The first-order valence-electron chi connectivity index (χ1n) is 9.17. The van der Waals surface area contributed by atoms with Crippen molar-refractivity contribution in [2.24, 2.45) is 5.41 Å². The van der Waals surface area contributed by atoms with Crippen LogP contribution in [0.4, 0.5) is 8.78 Å². The number of rotatable bonds is 5. The van der Waals surface area contributed by atoms with Gasteiger partial charge in [0.15, 0.2) is 6.39 Å². The Balaban J connectivity index is 1.91. The highest BCUT2D eigenvalue weighted by molar-refractivity contribution is 5.93. The quantitative estimate of drug-likeness (QED) is 0.730. The van der Waals surface area contributed by atoms with E-state index in [9.17, 15) is 18.4 Å². The number of amides is 1. The fourth-order valence-electron chi connectivity index (χ4n) is 3.65. The molecule has 6 nitrogen and oxygen atoms in total. The van der Waals surface area contributed by atoms with Crippen LogP contribution in [-0.4, -0.2) is 41.5 Å². The van der Waals surface area contributed by atoms with Crippen LogP contribution in [0.25, 0.3) is 0 Å². The van der Waals surface area contributed by atoms with E-state index in [1.165, 1.54) is 17.4 Å². The minimum Gasteiger partial charge on any atom is -0.466 e. The lowest BCUT2D eigenvalue weighted by atomic mass is 9.74. The monoisotopic (exact) mass is 392 g/mol. The first-order valence-corrected chi connectivity index (χ1v) is 9.17. The highest BCUT2D eigenvalue weighted by atomic mass is 19.1.